The number of amides is 1. The van der Waals surface area contributed by atoms with E-state index in [1.165, 1.54) is 11.3 Å². The van der Waals surface area contributed by atoms with Crippen LogP contribution in [-0.2, 0) is 4.74 Å². The van der Waals surface area contributed by atoms with Gasteiger partial charge in [-0.1, -0.05) is 0 Å². The van der Waals surface area contributed by atoms with Gasteiger partial charge >= 0.3 is 6.09 Å². The van der Waals surface area contributed by atoms with Crippen LogP contribution < -0.4 is 5.32 Å². The zero-order valence-corrected chi connectivity index (χ0v) is 7.89. The van der Waals surface area contributed by atoms with Gasteiger partial charge < -0.3 is 4.74 Å². The number of anilines is 1. The number of hydrogen-bond donors (Lipinski definition) is 1. The topological polar surface area (TPSA) is 55.4 Å². The molecule has 0 spiro atoms. The first-order valence-electron chi connectivity index (χ1n) is 3.74. The molecule has 70 valence electrons. The van der Waals surface area contributed by atoms with E-state index in [2.05, 4.69) is 10.1 Å². The summed E-state index contributed by atoms with van der Waals surface area (Å²) in [6.07, 6.45) is 0.158. The van der Waals surface area contributed by atoms with E-state index >= 15 is 0 Å². The molecule has 0 aliphatic carbocycles. The van der Waals surface area contributed by atoms with Gasteiger partial charge in [0.2, 0.25) is 0 Å². The second-order valence-corrected chi connectivity index (χ2v) is 3.08. The van der Waals surface area contributed by atoms with Crippen LogP contribution in [0.1, 0.15) is 17.3 Å². The molecule has 4 nitrogen and oxygen atoms in total. The van der Waals surface area contributed by atoms with E-state index in [0.717, 1.165) is 0 Å². The third-order valence-electron chi connectivity index (χ3n) is 1.31. The maximum absolute atomic E-state index is 10.9. The molecule has 0 aliphatic rings. The van der Waals surface area contributed by atoms with Gasteiger partial charge in [-0.05, 0) is 18.4 Å². The normalized spacial score (nSPS) is 9.31. The van der Waals surface area contributed by atoms with Crippen molar-refractivity contribution in [1.82, 2.24) is 0 Å². The van der Waals surface area contributed by atoms with Gasteiger partial charge in [0.1, 0.15) is 5.00 Å². The lowest BCUT2D eigenvalue weighted by Crippen LogP contribution is -2.13. The summed E-state index contributed by atoms with van der Waals surface area (Å²) >= 11 is 1.29. The fraction of sp³-hybridized carbons (Fsp3) is 0.250. The highest BCUT2D eigenvalue weighted by Gasteiger charge is 2.07. The summed E-state index contributed by atoms with van der Waals surface area (Å²) in [6.45, 7) is 2.03. The van der Waals surface area contributed by atoms with Crippen molar-refractivity contribution in [3.05, 3.63) is 17.0 Å². The Morgan fingerprint density at radius 2 is 2.54 bits per heavy atom. The van der Waals surface area contributed by atoms with Crippen molar-refractivity contribution in [3.8, 4) is 0 Å². The summed E-state index contributed by atoms with van der Waals surface area (Å²) in [5.74, 6) is 0. The molecule has 0 aliphatic heterocycles. The Labute approximate surface area is 79.5 Å². The van der Waals surface area contributed by atoms with Crippen molar-refractivity contribution in [3.63, 3.8) is 0 Å². The molecule has 0 saturated carbocycles. The van der Waals surface area contributed by atoms with Crippen molar-refractivity contribution in [2.24, 2.45) is 0 Å². The Kier molecular flexibility index (Phi) is 3.45. The molecule has 1 heterocycles. The SMILES string of the molecule is CCOC(=O)Nc1sccc1C=O. The second-order valence-electron chi connectivity index (χ2n) is 2.17. The minimum absolute atomic E-state index is 0.313. The van der Waals surface area contributed by atoms with Gasteiger partial charge in [0, 0.05) is 5.56 Å². The van der Waals surface area contributed by atoms with Gasteiger partial charge in [0.05, 0.1) is 6.61 Å². The predicted molar refractivity (Wildman–Crippen MR) is 50.4 cm³/mol. The van der Waals surface area contributed by atoms with Gasteiger partial charge in [0.15, 0.2) is 6.29 Å². The molecule has 0 aromatic carbocycles. The highest BCUT2D eigenvalue weighted by Crippen LogP contribution is 2.21. The first kappa shape index (κ1) is 9.73. The van der Waals surface area contributed by atoms with Crippen LogP contribution in [0.3, 0.4) is 0 Å². The standard InChI is InChI=1S/C8H9NO3S/c1-2-12-8(11)9-7-6(5-10)3-4-13-7/h3-5H,2H2,1H3,(H,9,11). The highest BCUT2D eigenvalue weighted by molar-refractivity contribution is 7.14. The Balaban J connectivity index is 2.62. The van der Waals surface area contributed by atoms with Gasteiger partial charge in [-0.25, -0.2) is 4.79 Å². The van der Waals surface area contributed by atoms with Gasteiger partial charge in [-0.3, -0.25) is 10.1 Å². The Morgan fingerprint density at radius 3 is 3.15 bits per heavy atom. The van der Waals surface area contributed by atoms with Crippen LogP contribution in [0.25, 0.3) is 0 Å². The zero-order chi connectivity index (χ0) is 9.68. The molecule has 5 heteroatoms. The van der Waals surface area contributed by atoms with Crippen LogP contribution >= 0.6 is 11.3 Å². The van der Waals surface area contributed by atoms with E-state index < -0.39 is 6.09 Å². The smallest absolute Gasteiger partial charge is 0.412 e. The largest absolute Gasteiger partial charge is 0.450 e. The number of hydrogen-bond acceptors (Lipinski definition) is 4. The fourth-order valence-electron chi connectivity index (χ4n) is 0.773. The zero-order valence-electron chi connectivity index (χ0n) is 7.07. The first-order valence-corrected chi connectivity index (χ1v) is 4.62. The molecule has 0 atom stereocenters. The molecule has 1 aromatic heterocycles. The molecule has 0 unspecified atom stereocenters. The maximum atomic E-state index is 10.9. The first-order chi connectivity index (χ1) is 6.27. The molecule has 0 saturated heterocycles. The third kappa shape index (κ3) is 2.55. The minimum Gasteiger partial charge on any atom is -0.450 e. The van der Waals surface area contributed by atoms with Crippen molar-refractivity contribution in [2.75, 3.05) is 11.9 Å². The average molecular weight is 199 g/mol. The summed E-state index contributed by atoms with van der Waals surface area (Å²) < 4.78 is 4.66. The maximum Gasteiger partial charge on any atom is 0.412 e. The Bertz CT molecular complexity index is 308. The van der Waals surface area contributed by atoms with Crippen molar-refractivity contribution >= 4 is 28.7 Å². The summed E-state index contributed by atoms with van der Waals surface area (Å²) in [7, 11) is 0. The van der Waals surface area contributed by atoms with Crippen LogP contribution in [0.2, 0.25) is 0 Å². The summed E-state index contributed by atoms with van der Waals surface area (Å²) in [4.78, 5) is 21.4. The molecular weight excluding hydrogens is 190 g/mol. The van der Waals surface area contributed by atoms with Crippen molar-refractivity contribution in [2.45, 2.75) is 6.92 Å². The van der Waals surface area contributed by atoms with Crippen molar-refractivity contribution in [1.29, 1.82) is 0 Å². The number of nitrogens with one attached hydrogen (secondary N) is 1. The molecule has 1 amide bonds. The Hall–Kier alpha value is -1.36. The molecule has 0 bridgehead atoms. The van der Waals surface area contributed by atoms with Gasteiger partial charge in [0.25, 0.3) is 0 Å². The van der Waals surface area contributed by atoms with Crippen LogP contribution in [0.15, 0.2) is 11.4 Å². The predicted octanol–water partition coefficient (Wildman–Crippen LogP) is 2.13. The number of thiophene rings is 1. The molecule has 0 radical (unpaired) electrons. The highest BCUT2D eigenvalue weighted by atomic mass is 32.1. The summed E-state index contributed by atoms with van der Waals surface area (Å²) in [5.41, 5.74) is 0.470. The lowest BCUT2D eigenvalue weighted by atomic mass is 10.3. The summed E-state index contributed by atoms with van der Waals surface area (Å²) in [5, 5.41) is 4.72. The lowest BCUT2D eigenvalue weighted by Gasteiger charge is -2.02. The van der Waals surface area contributed by atoms with E-state index in [1.54, 1.807) is 18.4 Å². The molecule has 1 N–H and O–H groups in total. The van der Waals surface area contributed by atoms with Crippen molar-refractivity contribution < 1.29 is 14.3 Å². The van der Waals surface area contributed by atoms with Crippen LogP contribution in [0, 0.1) is 0 Å². The monoisotopic (exact) mass is 199 g/mol. The van der Waals surface area contributed by atoms with Crippen LogP contribution in [0.4, 0.5) is 9.80 Å². The molecule has 0 fully saturated rings. The van der Waals surface area contributed by atoms with E-state index in [9.17, 15) is 9.59 Å². The van der Waals surface area contributed by atoms with E-state index in [0.29, 0.717) is 23.5 Å². The quantitative estimate of drug-likeness (QED) is 0.758. The van der Waals surface area contributed by atoms with Crippen LogP contribution in [0.5, 0.6) is 0 Å². The number of ether oxygens (including phenoxy) is 1. The number of aldehydes is 1. The number of carbonyl (C=O) groups is 2. The van der Waals surface area contributed by atoms with E-state index in [-0.39, 0.29) is 0 Å². The van der Waals surface area contributed by atoms with Crippen LogP contribution in [-0.4, -0.2) is 19.0 Å². The molecule has 13 heavy (non-hydrogen) atoms. The molecular formula is C8H9NO3S. The molecule has 1 aromatic rings. The third-order valence-corrected chi connectivity index (χ3v) is 2.16. The molecule has 1 rings (SSSR count). The second kappa shape index (κ2) is 4.61. The summed E-state index contributed by atoms with van der Waals surface area (Å²) in [6, 6.07) is 1.64. The van der Waals surface area contributed by atoms with Gasteiger partial charge in [-0.15, -0.1) is 11.3 Å². The number of carbonyl (C=O) groups excluding carboxylic acids is 2. The fourth-order valence-corrected chi connectivity index (χ4v) is 1.52. The van der Waals surface area contributed by atoms with E-state index in [4.69, 9.17) is 0 Å². The van der Waals surface area contributed by atoms with Gasteiger partial charge in [-0.2, -0.15) is 0 Å². The van der Waals surface area contributed by atoms with E-state index in [1.807, 2.05) is 0 Å². The minimum atomic E-state index is -0.534. The Morgan fingerprint density at radius 1 is 1.77 bits per heavy atom. The lowest BCUT2D eigenvalue weighted by molar-refractivity contribution is 0.112. The number of rotatable bonds is 3. The average Bonchev–Trinajstić information content (AvgIpc) is 2.52.